The molecule has 0 fully saturated rings. The van der Waals surface area contributed by atoms with Gasteiger partial charge in [0.15, 0.2) is 0 Å². The zero-order valence-electron chi connectivity index (χ0n) is 11.0. The Labute approximate surface area is 112 Å². The number of hydrogen-bond acceptors (Lipinski definition) is 3. The van der Waals surface area contributed by atoms with E-state index in [0.29, 0.717) is 0 Å². The van der Waals surface area contributed by atoms with Gasteiger partial charge in [0, 0.05) is 0 Å². The van der Waals surface area contributed by atoms with E-state index in [-0.39, 0.29) is 11.7 Å². The Balaban J connectivity index is 2.44. The molecular weight excluding hydrogens is 240 g/mol. The third-order valence-corrected chi connectivity index (χ3v) is 3.07. The number of carbonyl (C=O) groups is 1. The van der Waals surface area contributed by atoms with E-state index in [9.17, 15) is 9.90 Å². The van der Waals surface area contributed by atoms with Crippen LogP contribution in [0.3, 0.4) is 0 Å². The lowest BCUT2D eigenvalue weighted by molar-refractivity contribution is -0.141. The van der Waals surface area contributed by atoms with Gasteiger partial charge >= 0.3 is 5.97 Å². The van der Waals surface area contributed by atoms with Crippen molar-refractivity contribution < 1.29 is 14.6 Å². The molecule has 98 valence electrons. The molecule has 0 heterocycles. The van der Waals surface area contributed by atoms with Crippen molar-refractivity contribution >= 4 is 5.97 Å². The molecule has 2 rings (SSSR count). The Bertz CT molecular complexity index is 510. The van der Waals surface area contributed by atoms with Crippen LogP contribution in [0.25, 0.3) is 0 Å². The molecule has 2 aromatic rings. The number of phenols is 1. The van der Waals surface area contributed by atoms with Crippen molar-refractivity contribution in [3.8, 4) is 5.75 Å². The number of phenolic OH excluding ortho intramolecular Hbond substituents is 1. The van der Waals surface area contributed by atoms with Crippen LogP contribution in [0.2, 0.25) is 0 Å². The summed E-state index contributed by atoms with van der Waals surface area (Å²) in [6.45, 7) is 2.00. The summed E-state index contributed by atoms with van der Waals surface area (Å²) < 4.78 is 4.88. The number of methoxy groups -OCH3 is 1. The number of aryl methyl sites for hydroxylation is 1. The minimum Gasteiger partial charge on any atom is -0.508 e. The van der Waals surface area contributed by atoms with Gasteiger partial charge in [-0.25, -0.2) is 0 Å². The van der Waals surface area contributed by atoms with Crippen molar-refractivity contribution in [3.63, 3.8) is 0 Å². The van der Waals surface area contributed by atoms with E-state index in [0.717, 1.165) is 16.7 Å². The molecule has 0 aliphatic carbocycles. The summed E-state index contributed by atoms with van der Waals surface area (Å²) in [5.74, 6) is -0.600. The maximum atomic E-state index is 12.0. The highest BCUT2D eigenvalue weighted by Crippen LogP contribution is 2.27. The molecule has 0 bridgehead atoms. The Morgan fingerprint density at radius 1 is 1.00 bits per heavy atom. The minimum atomic E-state index is -0.466. The second-order valence-electron chi connectivity index (χ2n) is 4.46. The first kappa shape index (κ1) is 13.1. The summed E-state index contributed by atoms with van der Waals surface area (Å²) in [6, 6.07) is 14.4. The molecule has 3 nitrogen and oxygen atoms in total. The van der Waals surface area contributed by atoms with Crippen LogP contribution in [0.4, 0.5) is 0 Å². The predicted octanol–water partition coefficient (Wildman–Crippen LogP) is 3.01. The molecular formula is C16H16O3. The largest absolute Gasteiger partial charge is 0.508 e. The van der Waals surface area contributed by atoms with Crippen LogP contribution in [0.1, 0.15) is 22.6 Å². The van der Waals surface area contributed by atoms with Crippen LogP contribution in [0, 0.1) is 6.92 Å². The Hall–Kier alpha value is -2.29. The van der Waals surface area contributed by atoms with E-state index >= 15 is 0 Å². The third kappa shape index (κ3) is 2.94. The number of esters is 1. The lowest BCUT2D eigenvalue weighted by atomic mass is 9.91. The van der Waals surface area contributed by atoms with Gasteiger partial charge in [0.2, 0.25) is 0 Å². The maximum Gasteiger partial charge on any atom is 0.317 e. The molecule has 19 heavy (non-hydrogen) atoms. The summed E-state index contributed by atoms with van der Waals surface area (Å²) in [6.07, 6.45) is 0. The molecule has 0 aliphatic heterocycles. The van der Waals surface area contributed by atoms with Crippen LogP contribution in [-0.4, -0.2) is 18.2 Å². The molecule has 1 atom stereocenters. The lowest BCUT2D eigenvalue weighted by Gasteiger charge is -2.16. The van der Waals surface area contributed by atoms with Crippen molar-refractivity contribution in [1.82, 2.24) is 0 Å². The summed E-state index contributed by atoms with van der Waals surface area (Å²) in [4.78, 5) is 12.0. The SMILES string of the molecule is COC(=O)C(c1ccc(C)cc1)c1ccc(O)cc1. The van der Waals surface area contributed by atoms with Crippen LogP contribution >= 0.6 is 0 Å². The van der Waals surface area contributed by atoms with E-state index < -0.39 is 5.92 Å². The summed E-state index contributed by atoms with van der Waals surface area (Å²) >= 11 is 0. The lowest BCUT2D eigenvalue weighted by Crippen LogP contribution is -2.15. The fourth-order valence-electron chi connectivity index (χ4n) is 2.01. The normalized spacial score (nSPS) is 11.9. The van der Waals surface area contributed by atoms with Crippen LogP contribution in [0.15, 0.2) is 48.5 Å². The standard InChI is InChI=1S/C16H16O3/c1-11-3-5-12(6-4-11)15(16(18)19-2)13-7-9-14(17)10-8-13/h3-10,15,17H,1-2H3. The summed E-state index contributed by atoms with van der Waals surface area (Å²) in [5.41, 5.74) is 2.81. The number of hydrogen-bond donors (Lipinski definition) is 1. The third-order valence-electron chi connectivity index (χ3n) is 3.07. The van der Waals surface area contributed by atoms with Crippen LogP contribution in [-0.2, 0) is 9.53 Å². The number of benzene rings is 2. The topological polar surface area (TPSA) is 46.5 Å². The highest BCUT2D eigenvalue weighted by atomic mass is 16.5. The molecule has 0 saturated carbocycles. The van der Waals surface area contributed by atoms with Crippen molar-refractivity contribution in [2.45, 2.75) is 12.8 Å². The quantitative estimate of drug-likeness (QED) is 0.859. The van der Waals surface area contributed by atoms with E-state index in [1.807, 2.05) is 31.2 Å². The minimum absolute atomic E-state index is 0.177. The van der Waals surface area contributed by atoms with Gasteiger partial charge in [0.25, 0.3) is 0 Å². The summed E-state index contributed by atoms with van der Waals surface area (Å²) in [5, 5.41) is 9.33. The van der Waals surface area contributed by atoms with Crippen molar-refractivity contribution in [1.29, 1.82) is 0 Å². The van der Waals surface area contributed by atoms with Gasteiger partial charge in [0.05, 0.1) is 7.11 Å². The molecule has 0 spiro atoms. The molecule has 3 heteroatoms. The summed E-state index contributed by atoms with van der Waals surface area (Å²) in [7, 11) is 1.38. The molecule has 0 aromatic heterocycles. The van der Waals surface area contributed by atoms with Gasteiger partial charge in [0.1, 0.15) is 11.7 Å². The Kier molecular flexibility index (Phi) is 3.85. The maximum absolute atomic E-state index is 12.0. The zero-order chi connectivity index (χ0) is 13.8. The predicted molar refractivity (Wildman–Crippen MR) is 73.1 cm³/mol. The Morgan fingerprint density at radius 2 is 1.47 bits per heavy atom. The molecule has 0 aliphatic rings. The van der Waals surface area contributed by atoms with Crippen LogP contribution < -0.4 is 0 Å². The number of carbonyl (C=O) groups excluding carboxylic acids is 1. The highest BCUT2D eigenvalue weighted by Gasteiger charge is 2.23. The van der Waals surface area contributed by atoms with Crippen molar-refractivity contribution in [2.75, 3.05) is 7.11 Å². The molecule has 1 unspecified atom stereocenters. The smallest absolute Gasteiger partial charge is 0.317 e. The van der Waals surface area contributed by atoms with Gasteiger partial charge in [-0.1, -0.05) is 42.0 Å². The van der Waals surface area contributed by atoms with Gasteiger partial charge in [-0.2, -0.15) is 0 Å². The molecule has 0 radical (unpaired) electrons. The number of rotatable bonds is 3. The van der Waals surface area contributed by atoms with E-state index in [1.165, 1.54) is 7.11 Å². The van der Waals surface area contributed by atoms with Gasteiger partial charge in [-0.3, -0.25) is 4.79 Å². The van der Waals surface area contributed by atoms with E-state index in [1.54, 1.807) is 24.3 Å². The first-order valence-electron chi connectivity index (χ1n) is 6.05. The van der Waals surface area contributed by atoms with Crippen molar-refractivity contribution in [2.24, 2.45) is 0 Å². The average molecular weight is 256 g/mol. The molecule has 0 saturated heterocycles. The fraction of sp³-hybridized carbons (Fsp3) is 0.188. The zero-order valence-corrected chi connectivity index (χ0v) is 11.0. The first-order chi connectivity index (χ1) is 9.11. The fourth-order valence-corrected chi connectivity index (χ4v) is 2.01. The number of ether oxygens (including phenoxy) is 1. The molecule has 0 amide bonds. The highest BCUT2D eigenvalue weighted by molar-refractivity contribution is 5.82. The molecule has 2 aromatic carbocycles. The Morgan fingerprint density at radius 3 is 1.95 bits per heavy atom. The second kappa shape index (κ2) is 5.57. The van der Waals surface area contributed by atoms with E-state index in [2.05, 4.69) is 0 Å². The second-order valence-corrected chi connectivity index (χ2v) is 4.46. The van der Waals surface area contributed by atoms with Gasteiger partial charge < -0.3 is 9.84 Å². The monoisotopic (exact) mass is 256 g/mol. The van der Waals surface area contributed by atoms with E-state index in [4.69, 9.17) is 4.74 Å². The average Bonchev–Trinajstić information content (AvgIpc) is 2.43. The van der Waals surface area contributed by atoms with Gasteiger partial charge in [-0.05, 0) is 30.2 Å². The number of aromatic hydroxyl groups is 1. The first-order valence-corrected chi connectivity index (χ1v) is 6.05. The van der Waals surface area contributed by atoms with Crippen LogP contribution in [0.5, 0.6) is 5.75 Å². The molecule has 1 N–H and O–H groups in total. The van der Waals surface area contributed by atoms with Gasteiger partial charge in [-0.15, -0.1) is 0 Å². The van der Waals surface area contributed by atoms with Crippen molar-refractivity contribution in [3.05, 3.63) is 65.2 Å².